The number of nitrogens with zero attached hydrogens (tertiary/aromatic N) is 2. The van der Waals surface area contributed by atoms with Crippen LogP contribution in [0.4, 0.5) is 0 Å². The number of likely N-dealkylation sites (tertiary alicyclic amines) is 1. The molecule has 1 aliphatic heterocycles. The van der Waals surface area contributed by atoms with Crippen molar-refractivity contribution < 1.29 is 4.79 Å². The van der Waals surface area contributed by atoms with Gasteiger partial charge in [-0.3, -0.25) is 4.79 Å². The van der Waals surface area contributed by atoms with Crippen LogP contribution in [0, 0.1) is 6.92 Å². The van der Waals surface area contributed by atoms with Crippen LogP contribution in [0.3, 0.4) is 0 Å². The van der Waals surface area contributed by atoms with E-state index in [1.165, 1.54) is 28.4 Å². The van der Waals surface area contributed by atoms with Gasteiger partial charge in [-0.15, -0.1) is 0 Å². The van der Waals surface area contributed by atoms with Crippen LogP contribution in [0.5, 0.6) is 0 Å². The summed E-state index contributed by atoms with van der Waals surface area (Å²) in [6, 6.07) is 8.55. The highest BCUT2D eigenvalue weighted by molar-refractivity contribution is 5.96. The molecule has 1 saturated heterocycles. The molecule has 1 fully saturated rings. The molecule has 0 spiro atoms. The predicted octanol–water partition coefficient (Wildman–Crippen LogP) is 2.54. The highest BCUT2D eigenvalue weighted by Gasteiger charge is 2.29. The lowest BCUT2D eigenvalue weighted by Gasteiger charge is -2.34. The molecule has 5 N–H and O–H groups in total. The van der Waals surface area contributed by atoms with Crippen molar-refractivity contribution in [1.29, 1.82) is 0 Å². The Morgan fingerprint density at radius 2 is 2.11 bits per heavy atom. The van der Waals surface area contributed by atoms with Gasteiger partial charge < -0.3 is 26.3 Å². The maximum atomic E-state index is 13.0. The van der Waals surface area contributed by atoms with Crippen LogP contribution in [0.2, 0.25) is 0 Å². The first-order chi connectivity index (χ1) is 13.5. The predicted molar refractivity (Wildman–Crippen MR) is 115 cm³/mol. The smallest absolute Gasteiger partial charge is 0.255 e. The topological polar surface area (TPSA) is 89.3 Å². The van der Waals surface area contributed by atoms with E-state index in [2.05, 4.69) is 48.0 Å². The number of para-hydroxylation sites is 1. The summed E-state index contributed by atoms with van der Waals surface area (Å²) < 4.78 is 2.40. The Hall–Kier alpha value is -2.89. The van der Waals surface area contributed by atoms with Crippen LogP contribution in [0.15, 0.2) is 47.9 Å². The molecule has 1 aromatic carbocycles. The lowest BCUT2D eigenvalue weighted by atomic mass is 9.91. The van der Waals surface area contributed by atoms with Gasteiger partial charge in [0.1, 0.15) is 0 Å². The largest absolute Gasteiger partial charge is 0.404 e. The van der Waals surface area contributed by atoms with Crippen LogP contribution in [-0.4, -0.2) is 35.5 Å². The molecule has 1 aromatic heterocycles. The molecule has 6 nitrogen and oxygen atoms in total. The molecule has 150 valence electrons. The van der Waals surface area contributed by atoms with Crippen molar-refractivity contribution in [2.75, 3.05) is 20.1 Å². The number of nitrogens with one attached hydrogen (secondary N) is 1. The number of carbonyl (C=O) groups is 1. The number of aromatic nitrogens is 1. The molecule has 6 heteroatoms. The third kappa shape index (κ3) is 3.59. The van der Waals surface area contributed by atoms with Crippen molar-refractivity contribution >= 4 is 16.8 Å². The highest BCUT2D eigenvalue weighted by Crippen LogP contribution is 2.35. The first kappa shape index (κ1) is 19.9. The standard InChI is InChI=1S/C22H31N5O/c1-4-27-19-10-6-5-9-18(19)15(2)21(27)16-8-7-11-26(14-16)22(28)17(13-23)12-20(24)25-3/h5-6,9-10,12-13,16,25H,4,7-8,11,14,23-24H2,1-3H3/b17-13+,20-12+. The summed E-state index contributed by atoms with van der Waals surface area (Å²) in [6.45, 7) is 6.74. The number of amides is 1. The molecule has 0 saturated carbocycles. The number of nitrogens with two attached hydrogens (primary N) is 2. The van der Waals surface area contributed by atoms with E-state index >= 15 is 0 Å². The minimum absolute atomic E-state index is 0.0674. The lowest BCUT2D eigenvalue weighted by Crippen LogP contribution is -2.40. The van der Waals surface area contributed by atoms with Crippen molar-refractivity contribution in [3.8, 4) is 0 Å². The monoisotopic (exact) mass is 381 g/mol. The molecule has 28 heavy (non-hydrogen) atoms. The normalized spacial score (nSPS) is 18.5. The summed E-state index contributed by atoms with van der Waals surface area (Å²) in [6.07, 6.45) is 4.99. The zero-order valence-corrected chi connectivity index (χ0v) is 17.0. The van der Waals surface area contributed by atoms with Gasteiger partial charge in [-0.2, -0.15) is 0 Å². The van der Waals surface area contributed by atoms with Crippen LogP contribution < -0.4 is 16.8 Å². The summed E-state index contributed by atoms with van der Waals surface area (Å²) >= 11 is 0. The van der Waals surface area contributed by atoms with E-state index in [9.17, 15) is 4.79 Å². The molecule has 0 bridgehead atoms. The average molecular weight is 382 g/mol. The van der Waals surface area contributed by atoms with Gasteiger partial charge in [0.05, 0.1) is 11.4 Å². The number of hydrogen-bond acceptors (Lipinski definition) is 4. The van der Waals surface area contributed by atoms with Crippen molar-refractivity contribution in [3.63, 3.8) is 0 Å². The van der Waals surface area contributed by atoms with Crippen LogP contribution in [0.1, 0.15) is 36.9 Å². The third-order valence-corrected chi connectivity index (χ3v) is 5.71. The van der Waals surface area contributed by atoms with Gasteiger partial charge in [0.2, 0.25) is 0 Å². The Morgan fingerprint density at radius 1 is 1.36 bits per heavy atom. The molecule has 0 aliphatic carbocycles. The summed E-state index contributed by atoms with van der Waals surface area (Å²) in [5, 5.41) is 4.13. The molecular formula is C22H31N5O. The minimum atomic E-state index is -0.0674. The fourth-order valence-electron chi connectivity index (χ4n) is 4.35. The number of piperidine rings is 1. The second-order valence-corrected chi connectivity index (χ2v) is 7.33. The van der Waals surface area contributed by atoms with Crippen molar-refractivity contribution in [2.24, 2.45) is 11.5 Å². The third-order valence-electron chi connectivity index (χ3n) is 5.71. The molecular weight excluding hydrogens is 350 g/mol. The summed E-state index contributed by atoms with van der Waals surface area (Å²) in [7, 11) is 1.72. The Morgan fingerprint density at radius 3 is 2.79 bits per heavy atom. The fraction of sp³-hybridized carbons (Fsp3) is 0.409. The number of aryl methyl sites for hydroxylation is 2. The fourth-order valence-corrected chi connectivity index (χ4v) is 4.35. The number of rotatable bonds is 5. The summed E-state index contributed by atoms with van der Waals surface area (Å²) in [4.78, 5) is 14.9. The molecule has 1 amide bonds. The van der Waals surface area contributed by atoms with Crippen LogP contribution >= 0.6 is 0 Å². The second kappa shape index (κ2) is 8.42. The maximum absolute atomic E-state index is 13.0. The van der Waals surface area contributed by atoms with E-state index in [0.717, 1.165) is 25.9 Å². The van der Waals surface area contributed by atoms with Gasteiger partial charge in [-0.25, -0.2) is 0 Å². The molecule has 1 atom stereocenters. The van der Waals surface area contributed by atoms with E-state index in [1.54, 1.807) is 13.1 Å². The van der Waals surface area contributed by atoms with Gasteiger partial charge in [-0.05, 0) is 44.4 Å². The number of benzene rings is 1. The molecule has 1 unspecified atom stereocenters. The molecule has 2 aromatic rings. The van der Waals surface area contributed by atoms with E-state index in [0.29, 0.717) is 23.9 Å². The zero-order chi connectivity index (χ0) is 20.3. The Labute approximate surface area is 166 Å². The lowest BCUT2D eigenvalue weighted by molar-refractivity contribution is -0.128. The molecule has 1 aliphatic rings. The van der Waals surface area contributed by atoms with E-state index in [1.807, 2.05) is 4.90 Å². The maximum Gasteiger partial charge on any atom is 0.255 e. The average Bonchev–Trinajstić information content (AvgIpc) is 3.03. The van der Waals surface area contributed by atoms with Crippen molar-refractivity contribution in [3.05, 3.63) is 59.2 Å². The van der Waals surface area contributed by atoms with Gasteiger partial charge in [0, 0.05) is 55.4 Å². The highest BCUT2D eigenvalue weighted by atomic mass is 16.2. The van der Waals surface area contributed by atoms with Crippen molar-refractivity contribution in [2.45, 2.75) is 39.2 Å². The quantitative estimate of drug-likeness (QED) is 0.548. The van der Waals surface area contributed by atoms with Gasteiger partial charge in [0.15, 0.2) is 0 Å². The van der Waals surface area contributed by atoms with Gasteiger partial charge in [-0.1, -0.05) is 18.2 Å². The van der Waals surface area contributed by atoms with Crippen molar-refractivity contribution in [1.82, 2.24) is 14.8 Å². The summed E-state index contributed by atoms with van der Waals surface area (Å²) in [5.74, 6) is 0.664. The zero-order valence-electron chi connectivity index (χ0n) is 17.0. The summed E-state index contributed by atoms with van der Waals surface area (Å²) in [5.41, 5.74) is 15.9. The van der Waals surface area contributed by atoms with Crippen LogP contribution in [-0.2, 0) is 11.3 Å². The minimum Gasteiger partial charge on any atom is -0.404 e. The SMILES string of the molecule is CCn1c(C2CCCN(C(=O)C(/C=C(\N)NC)=C/N)C2)c(C)c2ccccc21. The first-order valence-corrected chi connectivity index (χ1v) is 9.95. The Balaban J connectivity index is 1.91. The molecule has 2 heterocycles. The Bertz CT molecular complexity index is 924. The second-order valence-electron chi connectivity index (χ2n) is 7.33. The number of fused-ring (bicyclic) bond motifs is 1. The van der Waals surface area contributed by atoms with E-state index in [4.69, 9.17) is 11.5 Å². The number of carbonyl (C=O) groups excluding carboxylic acids is 1. The van der Waals surface area contributed by atoms with E-state index < -0.39 is 0 Å². The Kier molecular flexibility index (Phi) is 5.97. The molecule has 0 radical (unpaired) electrons. The number of hydrogen-bond donors (Lipinski definition) is 3. The molecule has 3 rings (SSSR count). The van der Waals surface area contributed by atoms with Gasteiger partial charge in [0.25, 0.3) is 5.91 Å². The van der Waals surface area contributed by atoms with Gasteiger partial charge >= 0.3 is 0 Å². The first-order valence-electron chi connectivity index (χ1n) is 9.95. The van der Waals surface area contributed by atoms with E-state index in [-0.39, 0.29) is 5.91 Å². The van der Waals surface area contributed by atoms with Crippen LogP contribution in [0.25, 0.3) is 10.9 Å².